The summed E-state index contributed by atoms with van der Waals surface area (Å²) in [5.74, 6) is -0.415. The minimum atomic E-state index is -1.01. The summed E-state index contributed by atoms with van der Waals surface area (Å²) in [7, 11) is 0. The van der Waals surface area contributed by atoms with E-state index in [0.717, 1.165) is 5.69 Å². The first-order chi connectivity index (χ1) is 7.22. The van der Waals surface area contributed by atoms with E-state index in [4.69, 9.17) is 9.84 Å². The summed E-state index contributed by atoms with van der Waals surface area (Å²) in [4.78, 5) is 19.3. The van der Waals surface area contributed by atoms with Gasteiger partial charge in [0.05, 0.1) is 18.9 Å². The predicted molar refractivity (Wildman–Crippen MR) is 51.7 cm³/mol. The van der Waals surface area contributed by atoms with Crippen molar-refractivity contribution in [2.24, 2.45) is 0 Å². The fourth-order valence-corrected chi connectivity index (χ4v) is 1.62. The summed E-state index contributed by atoms with van der Waals surface area (Å²) in [5.41, 5.74) is 1.55. The van der Waals surface area contributed by atoms with Crippen molar-refractivity contribution in [3.8, 4) is 0 Å². The van der Waals surface area contributed by atoms with Crippen molar-refractivity contribution in [2.45, 2.75) is 26.4 Å². The Bertz CT molecular complexity index is 404. The lowest BCUT2D eigenvalue weighted by molar-refractivity contribution is 0.0671. The molecule has 0 bridgehead atoms. The Balaban J connectivity index is 2.55. The summed E-state index contributed by atoms with van der Waals surface area (Å²) in [6.07, 6.45) is 1.32. The average Bonchev–Trinajstić information content (AvgIpc) is 2.27. The van der Waals surface area contributed by atoms with E-state index in [2.05, 4.69) is 9.97 Å². The van der Waals surface area contributed by atoms with Gasteiger partial charge in [-0.15, -0.1) is 0 Å². The molecule has 0 aliphatic carbocycles. The highest BCUT2D eigenvalue weighted by Gasteiger charge is 2.21. The molecular formula is C10H12N2O3. The van der Waals surface area contributed by atoms with Gasteiger partial charge in [-0.2, -0.15) is 0 Å². The molecule has 0 spiro atoms. The quantitative estimate of drug-likeness (QED) is 0.778. The van der Waals surface area contributed by atoms with Crippen LogP contribution in [-0.2, 0) is 24.2 Å². The van der Waals surface area contributed by atoms with Crippen molar-refractivity contribution in [1.29, 1.82) is 0 Å². The third kappa shape index (κ3) is 1.83. The third-order valence-corrected chi connectivity index (χ3v) is 2.39. The summed E-state index contributed by atoms with van der Waals surface area (Å²) in [6.45, 7) is 2.82. The van der Waals surface area contributed by atoms with Gasteiger partial charge < -0.3 is 9.84 Å². The molecule has 0 fully saturated rings. The molecule has 0 saturated heterocycles. The van der Waals surface area contributed by atoms with Crippen molar-refractivity contribution in [3.05, 3.63) is 22.8 Å². The van der Waals surface area contributed by atoms with Crippen LogP contribution in [-0.4, -0.2) is 27.7 Å². The molecule has 5 heteroatoms. The van der Waals surface area contributed by atoms with E-state index in [9.17, 15) is 4.79 Å². The number of fused-ring (bicyclic) bond motifs is 1. The standard InChI is InChI=1S/C10H12N2O3/c1-2-8-11-7-3-4-15-5-6(7)9(12-8)10(13)14/h2-5H2,1H3,(H,13,14). The minimum Gasteiger partial charge on any atom is -0.476 e. The number of nitrogens with zero attached hydrogens (tertiary/aromatic N) is 2. The number of hydrogen-bond donors (Lipinski definition) is 1. The molecule has 2 rings (SSSR count). The Kier molecular flexibility index (Phi) is 2.64. The SMILES string of the molecule is CCc1nc2c(c(C(=O)O)n1)COCC2. The molecule has 0 unspecified atom stereocenters. The zero-order chi connectivity index (χ0) is 10.8. The largest absolute Gasteiger partial charge is 0.476 e. The first-order valence-electron chi connectivity index (χ1n) is 4.92. The molecule has 1 N–H and O–H groups in total. The van der Waals surface area contributed by atoms with Crippen molar-refractivity contribution < 1.29 is 14.6 Å². The average molecular weight is 208 g/mol. The maximum absolute atomic E-state index is 11.0. The summed E-state index contributed by atoms with van der Waals surface area (Å²) >= 11 is 0. The topological polar surface area (TPSA) is 72.3 Å². The van der Waals surface area contributed by atoms with Crippen LogP contribution in [0.3, 0.4) is 0 Å². The van der Waals surface area contributed by atoms with Crippen LogP contribution in [0.4, 0.5) is 0 Å². The van der Waals surface area contributed by atoms with Gasteiger partial charge in [0.1, 0.15) is 5.82 Å². The van der Waals surface area contributed by atoms with E-state index >= 15 is 0 Å². The summed E-state index contributed by atoms with van der Waals surface area (Å²) < 4.78 is 5.22. The van der Waals surface area contributed by atoms with Crippen LogP contribution in [0.5, 0.6) is 0 Å². The maximum Gasteiger partial charge on any atom is 0.355 e. The Morgan fingerprint density at radius 2 is 2.33 bits per heavy atom. The Hall–Kier alpha value is -1.49. The van der Waals surface area contributed by atoms with Crippen LogP contribution in [0, 0.1) is 0 Å². The molecule has 80 valence electrons. The molecule has 0 atom stereocenters. The molecule has 0 aromatic carbocycles. The number of carboxylic acid groups (broad SMARTS) is 1. The zero-order valence-corrected chi connectivity index (χ0v) is 8.49. The van der Waals surface area contributed by atoms with E-state index in [-0.39, 0.29) is 5.69 Å². The molecule has 0 amide bonds. The smallest absolute Gasteiger partial charge is 0.355 e. The van der Waals surface area contributed by atoms with Crippen LogP contribution in [0.15, 0.2) is 0 Å². The third-order valence-electron chi connectivity index (χ3n) is 2.39. The highest BCUT2D eigenvalue weighted by molar-refractivity contribution is 5.87. The van der Waals surface area contributed by atoms with Crippen LogP contribution in [0.25, 0.3) is 0 Å². The fraction of sp³-hybridized carbons (Fsp3) is 0.500. The van der Waals surface area contributed by atoms with Crippen molar-refractivity contribution in [3.63, 3.8) is 0 Å². The maximum atomic E-state index is 11.0. The van der Waals surface area contributed by atoms with Crippen LogP contribution in [0.1, 0.15) is 34.5 Å². The molecular weight excluding hydrogens is 196 g/mol. The monoisotopic (exact) mass is 208 g/mol. The van der Waals surface area contributed by atoms with Gasteiger partial charge in [-0.1, -0.05) is 6.92 Å². The lowest BCUT2D eigenvalue weighted by Crippen LogP contribution is -2.19. The second-order valence-electron chi connectivity index (χ2n) is 3.37. The van der Waals surface area contributed by atoms with Crippen molar-refractivity contribution in [1.82, 2.24) is 9.97 Å². The molecule has 0 saturated carbocycles. The van der Waals surface area contributed by atoms with Gasteiger partial charge in [-0.05, 0) is 0 Å². The number of aromatic nitrogens is 2. The van der Waals surface area contributed by atoms with Gasteiger partial charge in [-0.3, -0.25) is 0 Å². The number of carboxylic acids is 1. The van der Waals surface area contributed by atoms with Gasteiger partial charge in [0.25, 0.3) is 0 Å². The van der Waals surface area contributed by atoms with E-state index < -0.39 is 5.97 Å². The van der Waals surface area contributed by atoms with Gasteiger partial charge in [0.15, 0.2) is 5.69 Å². The minimum absolute atomic E-state index is 0.0940. The van der Waals surface area contributed by atoms with E-state index in [0.29, 0.717) is 37.4 Å². The first kappa shape index (κ1) is 10.0. The molecule has 5 nitrogen and oxygen atoms in total. The Morgan fingerprint density at radius 3 is 3.00 bits per heavy atom. The number of rotatable bonds is 2. The molecule has 1 aromatic heterocycles. The number of aromatic carboxylic acids is 1. The Labute approximate surface area is 87.1 Å². The molecule has 1 aliphatic rings. The van der Waals surface area contributed by atoms with E-state index in [1.54, 1.807) is 0 Å². The first-order valence-corrected chi connectivity index (χ1v) is 4.92. The summed E-state index contributed by atoms with van der Waals surface area (Å²) in [6, 6.07) is 0. The number of hydrogen-bond acceptors (Lipinski definition) is 4. The molecule has 1 aliphatic heterocycles. The fourth-order valence-electron chi connectivity index (χ4n) is 1.62. The van der Waals surface area contributed by atoms with Crippen LogP contribution >= 0.6 is 0 Å². The number of ether oxygens (including phenoxy) is 1. The highest BCUT2D eigenvalue weighted by atomic mass is 16.5. The van der Waals surface area contributed by atoms with Gasteiger partial charge in [0.2, 0.25) is 0 Å². The molecule has 2 heterocycles. The normalized spacial score (nSPS) is 14.7. The molecule has 15 heavy (non-hydrogen) atoms. The highest BCUT2D eigenvalue weighted by Crippen LogP contribution is 2.18. The number of aryl methyl sites for hydroxylation is 1. The lowest BCUT2D eigenvalue weighted by atomic mass is 10.1. The van der Waals surface area contributed by atoms with Crippen LogP contribution < -0.4 is 0 Å². The van der Waals surface area contributed by atoms with E-state index in [1.807, 2.05) is 6.92 Å². The van der Waals surface area contributed by atoms with Crippen LogP contribution in [0.2, 0.25) is 0 Å². The second kappa shape index (κ2) is 3.94. The van der Waals surface area contributed by atoms with Crippen molar-refractivity contribution >= 4 is 5.97 Å². The summed E-state index contributed by atoms with van der Waals surface area (Å²) in [5, 5.41) is 9.01. The lowest BCUT2D eigenvalue weighted by Gasteiger charge is -2.17. The van der Waals surface area contributed by atoms with Gasteiger partial charge >= 0.3 is 5.97 Å². The van der Waals surface area contributed by atoms with Gasteiger partial charge in [-0.25, -0.2) is 14.8 Å². The number of carbonyl (C=O) groups is 1. The van der Waals surface area contributed by atoms with Gasteiger partial charge in [0, 0.05) is 18.4 Å². The molecule has 1 aromatic rings. The second-order valence-corrected chi connectivity index (χ2v) is 3.37. The van der Waals surface area contributed by atoms with E-state index in [1.165, 1.54) is 0 Å². The zero-order valence-electron chi connectivity index (χ0n) is 8.49. The molecule has 0 radical (unpaired) electrons. The van der Waals surface area contributed by atoms with Crippen molar-refractivity contribution in [2.75, 3.05) is 6.61 Å². The predicted octanol–water partition coefficient (Wildman–Crippen LogP) is 0.810. The Morgan fingerprint density at radius 1 is 1.53 bits per heavy atom.